The quantitative estimate of drug-likeness (QED) is 0.776. The lowest BCUT2D eigenvalue weighted by atomic mass is 9.96. The third-order valence-electron chi connectivity index (χ3n) is 6.56. The fraction of sp³-hybridized carbons (Fsp3) is 0.727. The molecule has 29 heavy (non-hydrogen) atoms. The first-order valence-corrected chi connectivity index (χ1v) is 11.2. The molecule has 1 aromatic heterocycles. The number of aromatic nitrogens is 2. The van der Waals surface area contributed by atoms with Gasteiger partial charge < -0.3 is 9.80 Å². The monoisotopic (exact) mass is 399 g/mol. The molecule has 158 valence electrons. The molecule has 4 rings (SSSR count). The Balaban J connectivity index is 1.39. The van der Waals surface area contributed by atoms with E-state index in [0.717, 1.165) is 89.3 Å². The number of hydrogen-bond acceptors (Lipinski definition) is 5. The number of aryl methyl sites for hydroxylation is 1. The first-order valence-electron chi connectivity index (χ1n) is 11.2. The van der Waals surface area contributed by atoms with Gasteiger partial charge in [-0.25, -0.2) is 9.97 Å². The van der Waals surface area contributed by atoms with E-state index in [1.165, 1.54) is 6.42 Å². The minimum atomic E-state index is 0.0650. The van der Waals surface area contributed by atoms with Gasteiger partial charge in [-0.1, -0.05) is 0 Å². The fourth-order valence-corrected chi connectivity index (χ4v) is 4.83. The van der Waals surface area contributed by atoms with Crippen molar-refractivity contribution < 1.29 is 9.59 Å². The minimum absolute atomic E-state index is 0.0650. The summed E-state index contributed by atoms with van der Waals surface area (Å²) in [5.74, 6) is 1.36. The van der Waals surface area contributed by atoms with Gasteiger partial charge in [-0.3, -0.25) is 14.5 Å². The molecule has 2 amide bonds. The zero-order valence-corrected chi connectivity index (χ0v) is 17.6. The van der Waals surface area contributed by atoms with Crippen molar-refractivity contribution in [1.29, 1.82) is 0 Å². The van der Waals surface area contributed by atoms with Crippen molar-refractivity contribution >= 4 is 11.8 Å². The van der Waals surface area contributed by atoms with Crippen LogP contribution in [0.3, 0.4) is 0 Å². The average Bonchev–Trinajstić information content (AvgIpc) is 3.29. The zero-order valence-electron chi connectivity index (χ0n) is 17.6. The molecule has 0 aliphatic carbocycles. The molecular weight excluding hydrogens is 366 g/mol. The van der Waals surface area contributed by atoms with Gasteiger partial charge in [0, 0.05) is 44.8 Å². The molecule has 1 aromatic rings. The maximum Gasteiger partial charge on any atom is 0.257 e. The summed E-state index contributed by atoms with van der Waals surface area (Å²) in [4.78, 5) is 40.8. The standard InChI is InChI=1S/C22H33N5O2/c1-17-19(22(29)27-12-3-2-4-13-27)14-23-21(24-17)18-8-7-9-25(15-18)16-20(28)26-10-5-6-11-26/h14,18H,2-13,15-16H2,1H3/t18-/m0/s1. The first kappa shape index (κ1) is 20.3. The number of rotatable bonds is 4. The van der Waals surface area contributed by atoms with Gasteiger partial charge >= 0.3 is 0 Å². The van der Waals surface area contributed by atoms with E-state index in [4.69, 9.17) is 4.98 Å². The van der Waals surface area contributed by atoms with Gasteiger partial charge in [-0.15, -0.1) is 0 Å². The molecule has 0 N–H and O–H groups in total. The van der Waals surface area contributed by atoms with Crippen molar-refractivity contribution in [3.63, 3.8) is 0 Å². The van der Waals surface area contributed by atoms with E-state index in [-0.39, 0.29) is 17.7 Å². The van der Waals surface area contributed by atoms with Gasteiger partial charge in [0.05, 0.1) is 17.8 Å². The van der Waals surface area contributed by atoms with Gasteiger partial charge in [0.15, 0.2) is 0 Å². The predicted molar refractivity (Wildman–Crippen MR) is 111 cm³/mol. The van der Waals surface area contributed by atoms with E-state index in [9.17, 15) is 9.59 Å². The molecule has 0 spiro atoms. The largest absolute Gasteiger partial charge is 0.342 e. The second-order valence-electron chi connectivity index (χ2n) is 8.74. The Hall–Kier alpha value is -2.02. The lowest BCUT2D eigenvalue weighted by molar-refractivity contribution is -0.131. The van der Waals surface area contributed by atoms with Crippen LogP contribution in [0.2, 0.25) is 0 Å². The molecule has 4 heterocycles. The molecular formula is C22H33N5O2. The molecule has 0 saturated carbocycles. The molecule has 0 aromatic carbocycles. The third-order valence-corrected chi connectivity index (χ3v) is 6.56. The molecule has 0 unspecified atom stereocenters. The maximum atomic E-state index is 12.8. The summed E-state index contributed by atoms with van der Waals surface area (Å²) in [6.45, 7) is 7.68. The maximum absolute atomic E-state index is 12.8. The number of carbonyl (C=O) groups excluding carboxylic acids is 2. The van der Waals surface area contributed by atoms with Crippen LogP contribution in [-0.2, 0) is 4.79 Å². The van der Waals surface area contributed by atoms with Crippen molar-refractivity contribution in [1.82, 2.24) is 24.7 Å². The molecule has 3 aliphatic rings. The highest BCUT2D eigenvalue weighted by molar-refractivity contribution is 5.95. The lowest BCUT2D eigenvalue weighted by Gasteiger charge is -2.32. The number of amides is 2. The summed E-state index contributed by atoms with van der Waals surface area (Å²) < 4.78 is 0. The van der Waals surface area contributed by atoms with Crippen molar-refractivity contribution in [2.24, 2.45) is 0 Å². The van der Waals surface area contributed by atoms with Crippen molar-refractivity contribution in [2.75, 3.05) is 45.8 Å². The fourth-order valence-electron chi connectivity index (χ4n) is 4.83. The van der Waals surface area contributed by atoms with Crippen LogP contribution in [0.15, 0.2) is 6.20 Å². The highest BCUT2D eigenvalue weighted by Crippen LogP contribution is 2.25. The minimum Gasteiger partial charge on any atom is -0.342 e. The Morgan fingerprint density at radius 2 is 1.66 bits per heavy atom. The van der Waals surface area contributed by atoms with Crippen LogP contribution < -0.4 is 0 Å². The SMILES string of the molecule is Cc1nc([C@H]2CCCN(CC(=O)N3CCCC3)C2)ncc1C(=O)N1CCCCC1. The van der Waals surface area contributed by atoms with Gasteiger partial charge in [0.2, 0.25) is 5.91 Å². The third kappa shape index (κ3) is 4.77. The summed E-state index contributed by atoms with van der Waals surface area (Å²) in [6.07, 6.45) is 9.44. The van der Waals surface area contributed by atoms with Crippen LogP contribution in [-0.4, -0.2) is 82.3 Å². The van der Waals surface area contributed by atoms with Gasteiger partial charge in [0.1, 0.15) is 5.82 Å². The molecule has 3 fully saturated rings. The number of piperidine rings is 2. The highest BCUT2D eigenvalue weighted by Gasteiger charge is 2.28. The van der Waals surface area contributed by atoms with E-state index >= 15 is 0 Å². The molecule has 7 nitrogen and oxygen atoms in total. The summed E-state index contributed by atoms with van der Waals surface area (Å²) in [7, 11) is 0. The van der Waals surface area contributed by atoms with Gasteiger partial charge in [0.25, 0.3) is 5.91 Å². The lowest BCUT2D eigenvalue weighted by Crippen LogP contribution is -2.43. The smallest absolute Gasteiger partial charge is 0.257 e. The van der Waals surface area contributed by atoms with Crippen LogP contribution in [0.4, 0.5) is 0 Å². The van der Waals surface area contributed by atoms with Gasteiger partial charge in [-0.05, 0) is 58.4 Å². The van der Waals surface area contributed by atoms with Gasteiger partial charge in [-0.2, -0.15) is 0 Å². The van der Waals surface area contributed by atoms with Crippen LogP contribution in [0.1, 0.15) is 72.7 Å². The number of hydrogen-bond donors (Lipinski definition) is 0. The first-order chi connectivity index (χ1) is 14.1. The summed E-state index contributed by atoms with van der Waals surface area (Å²) in [5.41, 5.74) is 1.41. The second-order valence-corrected chi connectivity index (χ2v) is 8.74. The van der Waals surface area contributed by atoms with Crippen LogP contribution in [0.5, 0.6) is 0 Å². The van der Waals surface area contributed by atoms with Crippen LogP contribution in [0.25, 0.3) is 0 Å². The number of carbonyl (C=O) groups is 2. The topological polar surface area (TPSA) is 69.6 Å². The number of likely N-dealkylation sites (tertiary alicyclic amines) is 3. The van der Waals surface area contributed by atoms with Crippen molar-refractivity contribution in [3.8, 4) is 0 Å². The molecule has 3 saturated heterocycles. The average molecular weight is 400 g/mol. The molecule has 3 aliphatic heterocycles. The van der Waals surface area contributed by atoms with E-state index in [1.54, 1.807) is 6.20 Å². The highest BCUT2D eigenvalue weighted by atomic mass is 16.2. The Labute approximate surface area is 173 Å². The van der Waals surface area contributed by atoms with E-state index in [0.29, 0.717) is 12.1 Å². The van der Waals surface area contributed by atoms with Crippen molar-refractivity contribution in [2.45, 2.75) is 57.8 Å². The molecule has 7 heteroatoms. The van der Waals surface area contributed by atoms with E-state index < -0.39 is 0 Å². The Morgan fingerprint density at radius 1 is 0.966 bits per heavy atom. The summed E-state index contributed by atoms with van der Waals surface area (Å²) in [6, 6.07) is 0. The normalized spacial score (nSPS) is 23.4. The molecule has 0 radical (unpaired) electrons. The number of nitrogens with zero attached hydrogens (tertiary/aromatic N) is 5. The van der Waals surface area contributed by atoms with Crippen molar-refractivity contribution in [3.05, 3.63) is 23.3 Å². The Kier molecular flexibility index (Phi) is 6.43. The molecule has 1 atom stereocenters. The van der Waals surface area contributed by atoms with E-state index in [2.05, 4.69) is 9.88 Å². The Bertz CT molecular complexity index is 741. The summed E-state index contributed by atoms with van der Waals surface area (Å²) in [5, 5.41) is 0. The van der Waals surface area contributed by atoms with Crippen LogP contribution >= 0.6 is 0 Å². The second kappa shape index (κ2) is 9.20. The zero-order chi connectivity index (χ0) is 20.2. The predicted octanol–water partition coefficient (Wildman–Crippen LogP) is 2.21. The summed E-state index contributed by atoms with van der Waals surface area (Å²) >= 11 is 0. The Morgan fingerprint density at radius 3 is 2.38 bits per heavy atom. The molecule has 0 bridgehead atoms. The van der Waals surface area contributed by atoms with Crippen LogP contribution in [0, 0.1) is 6.92 Å². The van der Waals surface area contributed by atoms with E-state index in [1.807, 2.05) is 16.7 Å².